The van der Waals surface area contributed by atoms with E-state index in [9.17, 15) is 0 Å². The molecule has 1 aliphatic carbocycles. The van der Waals surface area contributed by atoms with Crippen LogP contribution in [-0.2, 0) is 6.42 Å². The van der Waals surface area contributed by atoms with Gasteiger partial charge in [0.15, 0.2) is 0 Å². The van der Waals surface area contributed by atoms with Gasteiger partial charge in [-0.15, -0.1) is 0 Å². The fourth-order valence-electron chi connectivity index (χ4n) is 2.38. The molecule has 2 aliphatic rings. The molecular weight excluding hydrogens is 212 g/mol. The fourth-order valence-corrected chi connectivity index (χ4v) is 2.38. The third-order valence-corrected chi connectivity index (χ3v) is 3.61. The Morgan fingerprint density at radius 1 is 1.18 bits per heavy atom. The Kier molecular flexibility index (Phi) is 3.22. The third-order valence-electron chi connectivity index (χ3n) is 3.61. The second-order valence-electron chi connectivity index (χ2n) is 5.21. The number of nitrogens with one attached hydrogen (secondary N) is 2. The summed E-state index contributed by atoms with van der Waals surface area (Å²) in [6.45, 7) is 2.22. The average Bonchev–Trinajstić information content (AvgIpc) is 3.15. The van der Waals surface area contributed by atoms with Crippen molar-refractivity contribution in [1.29, 1.82) is 0 Å². The number of aromatic nitrogens is 2. The average molecular weight is 232 g/mol. The van der Waals surface area contributed by atoms with Crippen molar-refractivity contribution in [2.24, 2.45) is 5.92 Å². The predicted molar refractivity (Wildman–Crippen MR) is 68.0 cm³/mol. The number of piperidine rings is 1. The van der Waals surface area contributed by atoms with Crippen molar-refractivity contribution in [1.82, 2.24) is 15.3 Å². The molecule has 4 heteroatoms. The number of rotatable bonds is 4. The van der Waals surface area contributed by atoms with Crippen LogP contribution < -0.4 is 10.6 Å². The lowest BCUT2D eigenvalue weighted by Gasteiger charge is -2.24. The molecule has 0 unspecified atom stereocenters. The molecule has 4 nitrogen and oxygen atoms in total. The van der Waals surface area contributed by atoms with E-state index < -0.39 is 0 Å². The SMILES string of the molecule is c1nc(CC2CC2)cc(NC2CCNCC2)n1. The largest absolute Gasteiger partial charge is 0.367 e. The lowest BCUT2D eigenvalue weighted by molar-refractivity contribution is 0.478. The lowest BCUT2D eigenvalue weighted by Crippen LogP contribution is -2.35. The van der Waals surface area contributed by atoms with Gasteiger partial charge in [-0.2, -0.15) is 0 Å². The topological polar surface area (TPSA) is 49.8 Å². The monoisotopic (exact) mass is 232 g/mol. The van der Waals surface area contributed by atoms with E-state index in [4.69, 9.17) is 0 Å². The highest BCUT2D eigenvalue weighted by molar-refractivity contribution is 5.36. The van der Waals surface area contributed by atoms with Gasteiger partial charge in [0, 0.05) is 17.8 Å². The van der Waals surface area contributed by atoms with E-state index in [0.29, 0.717) is 6.04 Å². The van der Waals surface area contributed by atoms with E-state index in [1.807, 2.05) is 0 Å². The molecular formula is C13H20N4. The van der Waals surface area contributed by atoms with Crippen LogP contribution in [0.15, 0.2) is 12.4 Å². The standard InChI is InChI=1S/C13H20N4/c1-2-10(1)7-12-8-13(16-9-15-12)17-11-3-5-14-6-4-11/h8-11,14H,1-7H2,(H,15,16,17). The van der Waals surface area contributed by atoms with Gasteiger partial charge in [-0.25, -0.2) is 9.97 Å². The second kappa shape index (κ2) is 5.00. The van der Waals surface area contributed by atoms with Crippen LogP contribution in [0.4, 0.5) is 5.82 Å². The first-order valence-corrected chi connectivity index (χ1v) is 6.68. The zero-order valence-corrected chi connectivity index (χ0v) is 10.2. The van der Waals surface area contributed by atoms with E-state index in [-0.39, 0.29) is 0 Å². The Bertz CT molecular complexity index is 369. The summed E-state index contributed by atoms with van der Waals surface area (Å²) in [6, 6.07) is 2.69. The molecule has 17 heavy (non-hydrogen) atoms. The van der Waals surface area contributed by atoms with Crippen LogP contribution in [0.3, 0.4) is 0 Å². The Balaban J connectivity index is 1.60. The quantitative estimate of drug-likeness (QED) is 0.828. The highest BCUT2D eigenvalue weighted by atomic mass is 15.0. The Morgan fingerprint density at radius 2 is 2.00 bits per heavy atom. The van der Waals surface area contributed by atoms with E-state index in [1.165, 1.54) is 31.4 Å². The summed E-state index contributed by atoms with van der Waals surface area (Å²) in [5, 5.41) is 6.90. The number of hydrogen-bond donors (Lipinski definition) is 2. The summed E-state index contributed by atoms with van der Waals surface area (Å²) >= 11 is 0. The third kappa shape index (κ3) is 3.16. The molecule has 0 bridgehead atoms. The molecule has 0 amide bonds. The zero-order valence-electron chi connectivity index (χ0n) is 10.2. The minimum Gasteiger partial charge on any atom is -0.367 e. The molecule has 1 saturated carbocycles. The van der Waals surface area contributed by atoms with Crippen molar-refractivity contribution < 1.29 is 0 Å². The van der Waals surface area contributed by atoms with Crippen molar-refractivity contribution in [2.75, 3.05) is 18.4 Å². The van der Waals surface area contributed by atoms with Crippen LogP contribution in [0.5, 0.6) is 0 Å². The lowest BCUT2D eigenvalue weighted by atomic mass is 10.1. The minimum absolute atomic E-state index is 0.569. The van der Waals surface area contributed by atoms with Crippen molar-refractivity contribution in [3.8, 4) is 0 Å². The molecule has 0 radical (unpaired) electrons. The first-order chi connectivity index (χ1) is 8.40. The summed E-state index contributed by atoms with van der Waals surface area (Å²) < 4.78 is 0. The molecule has 0 spiro atoms. The fraction of sp³-hybridized carbons (Fsp3) is 0.692. The molecule has 92 valence electrons. The molecule has 2 N–H and O–H groups in total. The van der Waals surface area contributed by atoms with Crippen LogP contribution >= 0.6 is 0 Å². The van der Waals surface area contributed by atoms with E-state index in [0.717, 1.165) is 31.2 Å². The normalized spacial score (nSPS) is 21.4. The van der Waals surface area contributed by atoms with Gasteiger partial charge in [0.1, 0.15) is 12.1 Å². The van der Waals surface area contributed by atoms with Gasteiger partial charge in [-0.1, -0.05) is 0 Å². The highest BCUT2D eigenvalue weighted by Gasteiger charge is 2.22. The van der Waals surface area contributed by atoms with E-state index in [2.05, 4.69) is 26.7 Å². The number of anilines is 1. The summed E-state index contributed by atoms with van der Waals surface area (Å²) in [5.74, 6) is 1.89. The Labute approximate surface area is 102 Å². The first-order valence-electron chi connectivity index (χ1n) is 6.68. The second-order valence-corrected chi connectivity index (χ2v) is 5.21. The summed E-state index contributed by atoms with van der Waals surface area (Å²) in [6.07, 6.45) is 7.94. The van der Waals surface area contributed by atoms with Crippen molar-refractivity contribution >= 4 is 5.82 Å². The van der Waals surface area contributed by atoms with Crippen LogP contribution in [-0.4, -0.2) is 29.1 Å². The number of nitrogens with zero attached hydrogens (tertiary/aromatic N) is 2. The molecule has 1 aromatic rings. The van der Waals surface area contributed by atoms with Crippen molar-refractivity contribution in [2.45, 2.75) is 38.1 Å². The van der Waals surface area contributed by atoms with Crippen LogP contribution in [0, 0.1) is 5.92 Å². The van der Waals surface area contributed by atoms with Gasteiger partial charge >= 0.3 is 0 Å². The van der Waals surface area contributed by atoms with Crippen molar-refractivity contribution in [3.05, 3.63) is 18.1 Å². The highest BCUT2D eigenvalue weighted by Crippen LogP contribution is 2.32. The summed E-state index contributed by atoms with van der Waals surface area (Å²) in [5.41, 5.74) is 1.19. The Hall–Kier alpha value is -1.16. The smallest absolute Gasteiger partial charge is 0.129 e. The van der Waals surface area contributed by atoms with Gasteiger partial charge < -0.3 is 10.6 Å². The molecule has 2 heterocycles. The summed E-state index contributed by atoms with van der Waals surface area (Å²) in [7, 11) is 0. The summed E-state index contributed by atoms with van der Waals surface area (Å²) in [4.78, 5) is 8.67. The van der Waals surface area contributed by atoms with E-state index in [1.54, 1.807) is 6.33 Å². The molecule has 1 aromatic heterocycles. The zero-order chi connectivity index (χ0) is 11.5. The molecule has 2 fully saturated rings. The van der Waals surface area contributed by atoms with Crippen LogP contribution in [0.1, 0.15) is 31.4 Å². The van der Waals surface area contributed by atoms with E-state index >= 15 is 0 Å². The minimum atomic E-state index is 0.569. The number of hydrogen-bond acceptors (Lipinski definition) is 4. The van der Waals surface area contributed by atoms with Gasteiger partial charge in [0.2, 0.25) is 0 Å². The van der Waals surface area contributed by atoms with Crippen LogP contribution in [0.25, 0.3) is 0 Å². The molecule has 3 rings (SSSR count). The molecule has 1 saturated heterocycles. The molecule has 1 aliphatic heterocycles. The first kappa shape index (κ1) is 11.0. The van der Waals surface area contributed by atoms with Gasteiger partial charge in [0.05, 0.1) is 0 Å². The predicted octanol–water partition coefficient (Wildman–Crippen LogP) is 1.59. The van der Waals surface area contributed by atoms with Gasteiger partial charge in [-0.3, -0.25) is 0 Å². The van der Waals surface area contributed by atoms with Crippen LogP contribution in [0.2, 0.25) is 0 Å². The van der Waals surface area contributed by atoms with Gasteiger partial charge in [-0.05, 0) is 51.1 Å². The Morgan fingerprint density at radius 3 is 2.76 bits per heavy atom. The maximum Gasteiger partial charge on any atom is 0.129 e. The maximum absolute atomic E-state index is 4.35. The van der Waals surface area contributed by atoms with Gasteiger partial charge in [0.25, 0.3) is 0 Å². The molecule has 0 aromatic carbocycles. The maximum atomic E-state index is 4.35. The molecule has 0 atom stereocenters. The van der Waals surface area contributed by atoms with Crippen molar-refractivity contribution in [3.63, 3.8) is 0 Å².